The van der Waals surface area contributed by atoms with E-state index in [0.717, 1.165) is 18.0 Å². The first-order valence-corrected chi connectivity index (χ1v) is 7.38. The van der Waals surface area contributed by atoms with Gasteiger partial charge in [0.1, 0.15) is 23.9 Å². The third-order valence-corrected chi connectivity index (χ3v) is 3.57. The zero-order valence-electron chi connectivity index (χ0n) is 12.5. The molecule has 1 aromatic heterocycles. The number of benzene rings is 1. The molecule has 116 valence electrons. The van der Waals surface area contributed by atoms with Crippen molar-refractivity contribution in [3.63, 3.8) is 0 Å². The molecule has 0 spiro atoms. The molecule has 5 heteroatoms. The highest BCUT2D eigenvalue weighted by atomic mass is 16.5. The maximum absolute atomic E-state index is 11.9. The van der Waals surface area contributed by atoms with Gasteiger partial charge in [-0.2, -0.15) is 0 Å². The second-order valence-corrected chi connectivity index (χ2v) is 5.38. The molecule has 22 heavy (non-hydrogen) atoms. The maximum Gasteiger partial charge on any atom is 0.287 e. The van der Waals surface area contributed by atoms with Crippen LogP contribution in [0.25, 0.3) is 0 Å². The lowest BCUT2D eigenvalue weighted by molar-refractivity contribution is 0.0920. The van der Waals surface area contributed by atoms with Gasteiger partial charge in [0, 0.05) is 6.54 Å². The van der Waals surface area contributed by atoms with E-state index in [1.54, 1.807) is 19.2 Å². The lowest BCUT2D eigenvalue weighted by atomic mass is 10.3. The third-order valence-electron chi connectivity index (χ3n) is 3.57. The fourth-order valence-electron chi connectivity index (χ4n) is 2.05. The van der Waals surface area contributed by atoms with Gasteiger partial charge in [0.2, 0.25) is 0 Å². The topological polar surface area (TPSA) is 60.7 Å². The van der Waals surface area contributed by atoms with Crippen LogP contribution in [0.1, 0.15) is 29.2 Å². The van der Waals surface area contributed by atoms with E-state index in [4.69, 9.17) is 13.9 Å². The van der Waals surface area contributed by atoms with Crippen molar-refractivity contribution in [2.24, 2.45) is 5.92 Å². The van der Waals surface area contributed by atoms with Crippen molar-refractivity contribution < 1.29 is 18.7 Å². The monoisotopic (exact) mass is 301 g/mol. The molecule has 1 N–H and O–H groups in total. The van der Waals surface area contributed by atoms with Crippen molar-refractivity contribution in [1.29, 1.82) is 0 Å². The zero-order valence-corrected chi connectivity index (χ0v) is 12.5. The molecule has 1 aliphatic carbocycles. The van der Waals surface area contributed by atoms with Crippen LogP contribution in [-0.2, 0) is 6.61 Å². The Balaban J connectivity index is 1.50. The molecule has 1 amide bonds. The van der Waals surface area contributed by atoms with E-state index >= 15 is 0 Å². The summed E-state index contributed by atoms with van der Waals surface area (Å²) in [5, 5.41) is 2.87. The van der Waals surface area contributed by atoms with E-state index in [0.29, 0.717) is 17.4 Å². The summed E-state index contributed by atoms with van der Waals surface area (Å²) in [6, 6.07) is 10.7. The van der Waals surface area contributed by atoms with Gasteiger partial charge in [0.05, 0.1) is 7.11 Å². The summed E-state index contributed by atoms with van der Waals surface area (Å²) in [7, 11) is 1.62. The molecule has 0 radical (unpaired) electrons. The van der Waals surface area contributed by atoms with Crippen LogP contribution in [0, 0.1) is 5.92 Å². The summed E-state index contributed by atoms with van der Waals surface area (Å²) >= 11 is 0. The molecule has 0 atom stereocenters. The van der Waals surface area contributed by atoms with Gasteiger partial charge < -0.3 is 19.2 Å². The van der Waals surface area contributed by atoms with Crippen molar-refractivity contribution in [1.82, 2.24) is 5.32 Å². The quantitative estimate of drug-likeness (QED) is 0.854. The first-order chi connectivity index (χ1) is 10.7. The van der Waals surface area contributed by atoms with Gasteiger partial charge in [0.25, 0.3) is 5.91 Å². The van der Waals surface area contributed by atoms with Crippen LogP contribution in [0.3, 0.4) is 0 Å². The maximum atomic E-state index is 11.9. The third kappa shape index (κ3) is 3.81. The average molecular weight is 301 g/mol. The smallest absolute Gasteiger partial charge is 0.287 e. The first kappa shape index (κ1) is 14.5. The van der Waals surface area contributed by atoms with E-state index in [1.807, 2.05) is 24.3 Å². The molecular weight excluding hydrogens is 282 g/mol. The molecule has 2 aromatic rings. The van der Waals surface area contributed by atoms with Gasteiger partial charge in [-0.05, 0) is 55.2 Å². The number of ether oxygens (including phenoxy) is 2. The predicted molar refractivity (Wildman–Crippen MR) is 81.1 cm³/mol. The van der Waals surface area contributed by atoms with E-state index < -0.39 is 0 Å². The summed E-state index contributed by atoms with van der Waals surface area (Å²) in [6.07, 6.45) is 2.42. The van der Waals surface area contributed by atoms with Crippen molar-refractivity contribution in [3.8, 4) is 11.5 Å². The fraction of sp³-hybridized carbons (Fsp3) is 0.353. The summed E-state index contributed by atoms with van der Waals surface area (Å²) in [5.41, 5.74) is 0. The Labute approximate surface area is 129 Å². The number of rotatable bonds is 7. The molecule has 3 rings (SSSR count). The number of furan rings is 1. The lowest BCUT2D eigenvalue weighted by Crippen LogP contribution is -2.24. The van der Waals surface area contributed by atoms with Crippen molar-refractivity contribution in [2.45, 2.75) is 19.4 Å². The Kier molecular flexibility index (Phi) is 4.32. The van der Waals surface area contributed by atoms with Crippen LogP contribution >= 0.6 is 0 Å². The standard InChI is InChI=1S/C17H19NO4/c1-20-13-4-6-14(7-5-13)21-11-15-8-9-16(22-15)17(19)18-10-12-2-3-12/h4-9,12H,2-3,10-11H2,1H3,(H,18,19). The first-order valence-electron chi connectivity index (χ1n) is 7.38. The minimum absolute atomic E-state index is 0.164. The Hall–Kier alpha value is -2.43. The molecule has 1 heterocycles. The molecule has 1 fully saturated rings. The number of carbonyl (C=O) groups excluding carboxylic acids is 1. The number of nitrogens with one attached hydrogen (secondary N) is 1. The Morgan fingerprint density at radius 3 is 2.59 bits per heavy atom. The Bertz CT molecular complexity index is 628. The van der Waals surface area contributed by atoms with E-state index in [1.165, 1.54) is 12.8 Å². The summed E-state index contributed by atoms with van der Waals surface area (Å²) in [5.74, 6) is 2.93. The second-order valence-electron chi connectivity index (χ2n) is 5.38. The predicted octanol–water partition coefficient (Wildman–Crippen LogP) is 3.01. The normalized spacial score (nSPS) is 13.7. The van der Waals surface area contributed by atoms with E-state index in [2.05, 4.69) is 5.32 Å². The minimum Gasteiger partial charge on any atom is -0.497 e. The highest BCUT2D eigenvalue weighted by Gasteiger charge is 2.22. The van der Waals surface area contributed by atoms with Crippen LogP contribution in [-0.4, -0.2) is 19.6 Å². The number of hydrogen-bond donors (Lipinski definition) is 1. The van der Waals surface area contributed by atoms with Crippen molar-refractivity contribution in [2.75, 3.05) is 13.7 Å². The highest BCUT2D eigenvalue weighted by Crippen LogP contribution is 2.27. The Morgan fingerprint density at radius 1 is 1.18 bits per heavy atom. The van der Waals surface area contributed by atoms with Gasteiger partial charge in [0.15, 0.2) is 5.76 Å². The highest BCUT2D eigenvalue weighted by molar-refractivity contribution is 5.91. The molecule has 1 aliphatic rings. The van der Waals surface area contributed by atoms with E-state index in [9.17, 15) is 4.79 Å². The summed E-state index contributed by atoms with van der Waals surface area (Å²) in [6.45, 7) is 1.01. The van der Waals surface area contributed by atoms with Crippen LogP contribution in [0.4, 0.5) is 0 Å². The molecule has 0 aliphatic heterocycles. The lowest BCUT2D eigenvalue weighted by Gasteiger charge is -2.05. The van der Waals surface area contributed by atoms with Crippen molar-refractivity contribution >= 4 is 5.91 Å². The number of carbonyl (C=O) groups is 1. The average Bonchev–Trinajstić information content (AvgIpc) is 3.27. The summed E-state index contributed by atoms with van der Waals surface area (Å²) in [4.78, 5) is 11.9. The number of hydrogen-bond acceptors (Lipinski definition) is 4. The van der Waals surface area contributed by atoms with Gasteiger partial charge in [-0.3, -0.25) is 4.79 Å². The molecule has 1 saturated carbocycles. The second kappa shape index (κ2) is 6.56. The Morgan fingerprint density at radius 2 is 1.91 bits per heavy atom. The fourth-order valence-corrected chi connectivity index (χ4v) is 2.05. The van der Waals surface area contributed by atoms with Gasteiger partial charge in [-0.25, -0.2) is 0 Å². The van der Waals surface area contributed by atoms with Crippen LogP contribution in [0.2, 0.25) is 0 Å². The van der Waals surface area contributed by atoms with Crippen LogP contribution in [0.15, 0.2) is 40.8 Å². The molecule has 5 nitrogen and oxygen atoms in total. The van der Waals surface area contributed by atoms with E-state index in [-0.39, 0.29) is 12.5 Å². The van der Waals surface area contributed by atoms with Gasteiger partial charge >= 0.3 is 0 Å². The largest absolute Gasteiger partial charge is 0.497 e. The number of amides is 1. The summed E-state index contributed by atoms with van der Waals surface area (Å²) < 4.78 is 16.2. The molecule has 0 saturated heterocycles. The SMILES string of the molecule is COc1ccc(OCc2ccc(C(=O)NCC3CC3)o2)cc1. The zero-order chi connectivity index (χ0) is 15.4. The molecule has 1 aromatic carbocycles. The number of methoxy groups -OCH3 is 1. The molecule has 0 bridgehead atoms. The molecule has 0 unspecified atom stereocenters. The van der Waals surface area contributed by atoms with Gasteiger partial charge in [-0.15, -0.1) is 0 Å². The van der Waals surface area contributed by atoms with Gasteiger partial charge in [-0.1, -0.05) is 0 Å². The van der Waals surface area contributed by atoms with Crippen LogP contribution in [0.5, 0.6) is 11.5 Å². The molecular formula is C17H19NO4. The van der Waals surface area contributed by atoms with Crippen molar-refractivity contribution in [3.05, 3.63) is 47.9 Å². The van der Waals surface area contributed by atoms with Crippen LogP contribution < -0.4 is 14.8 Å². The minimum atomic E-state index is -0.164.